The van der Waals surface area contributed by atoms with Crippen LogP contribution in [0.15, 0.2) is 0 Å². The van der Waals surface area contributed by atoms with Crippen LogP contribution in [0.1, 0.15) is 96.3 Å². The number of rotatable bonds is 8. The van der Waals surface area contributed by atoms with Crippen molar-refractivity contribution in [1.82, 2.24) is 0 Å². The van der Waals surface area contributed by atoms with E-state index in [4.69, 9.17) is 9.05 Å². The second kappa shape index (κ2) is 15.0. The second-order valence-corrected chi connectivity index (χ2v) is 11.1. The van der Waals surface area contributed by atoms with Gasteiger partial charge < -0.3 is 9.38 Å². The Labute approximate surface area is 174 Å². The van der Waals surface area contributed by atoms with Crippen molar-refractivity contribution >= 4 is 7.82 Å². The van der Waals surface area contributed by atoms with E-state index in [1.54, 1.807) is 0 Å². The number of hydrogen-bond donors (Lipinski definition) is 1. The quantitative estimate of drug-likeness (QED) is 0.369. The first-order valence-corrected chi connectivity index (χ1v) is 13.2. The van der Waals surface area contributed by atoms with Crippen LogP contribution in [0.25, 0.3) is 0 Å². The Morgan fingerprint density at radius 3 is 1.57 bits per heavy atom. The molecule has 0 bridgehead atoms. The highest BCUT2D eigenvalue weighted by Gasteiger charge is 2.23. The first-order valence-electron chi connectivity index (χ1n) is 11.7. The summed E-state index contributed by atoms with van der Waals surface area (Å²) in [7, 11) is 2.17. The van der Waals surface area contributed by atoms with Gasteiger partial charge in [0.1, 0.15) is 13.2 Å². The van der Waals surface area contributed by atoms with Crippen molar-refractivity contribution in [3.8, 4) is 0 Å². The normalized spacial score (nSPS) is 22.1. The highest BCUT2D eigenvalue weighted by molar-refractivity contribution is 7.47. The van der Waals surface area contributed by atoms with E-state index < -0.39 is 7.82 Å². The lowest BCUT2D eigenvalue weighted by molar-refractivity contribution is -0.870. The average Bonchev–Trinajstić information content (AvgIpc) is 2.60. The van der Waals surface area contributed by atoms with Crippen LogP contribution >= 0.6 is 7.82 Å². The third kappa shape index (κ3) is 15.9. The van der Waals surface area contributed by atoms with Gasteiger partial charge in [0.15, 0.2) is 0 Å². The molecular weight excluding hydrogens is 373 g/mol. The molecule has 168 valence electrons. The molecule has 0 spiro atoms. The van der Waals surface area contributed by atoms with Crippen LogP contribution in [0.5, 0.6) is 0 Å². The van der Waals surface area contributed by atoms with E-state index in [2.05, 4.69) is 0 Å². The van der Waals surface area contributed by atoms with Crippen LogP contribution in [0.3, 0.4) is 0 Å². The van der Waals surface area contributed by atoms with Crippen LogP contribution in [-0.4, -0.2) is 50.3 Å². The van der Waals surface area contributed by atoms with Crippen LogP contribution in [0, 0.1) is 5.92 Å². The number of quaternary nitrogens is 1. The van der Waals surface area contributed by atoms with Gasteiger partial charge in [0.25, 0.3) is 0 Å². The SMILES string of the molecule is C[N+](C)(C)CCOP(=O)(O)OCCC1CCCCCCCCCCCCCC1. The van der Waals surface area contributed by atoms with E-state index in [9.17, 15) is 9.46 Å². The molecule has 0 aromatic rings. The molecular formula is C22H47NO4P+. The Bertz CT molecular complexity index is 409. The zero-order valence-electron chi connectivity index (χ0n) is 18.9. The summed E-state index contributed by atoms with van der Waals surface area (Å²) in [5.74, 6) is 0.608. The Kier molecular flexibility index (Phi) is 13.9. The maximum atomic E-state index is 12.1. The highest BCUT2D eigenvalue weighted by atomic mass is 31.2. The van der Waals surface area contributed by atoms with E-state index in [1.165, 1.54) is 89.9 Å². The topological polar surface area (TPSA) is 55.8 Å². The lowest BCUT2D eigenvalue weighted by Gasteiger charge is -2.24. The Morgan fingerprint density at radius 1 is 0.750 bits per heavy atom. The predicted molar refractivity (Wildman–Crippen MR) is 117 cm³/mol. The van der Waals surface area contributed by atoms with E-state index in [1.807, 2.05) is 21.1 Å². The highest BCUT2D eigenvalue weighted by Crippen LogP contribution is 2.43. The minimum atomic E-state index is -3.92. The first kappa shape index (κ1) is 26.1. The molecule has 28 heavy (non-hydrogen) atoms. The predicted octanol–water partition coefficient (Wildman–Crippen LogP) is 6.31. The Balaban J connectivity index is 2.31. The van der Waals surface area contributed by atoms with E-state index in [0.29, 0.717) is 23.6 Å². The molecule has 1 fully saturated rings. The molecule has 0 radical (unpaired) electrons. The molecule has 0 saturated heterocycles. The van der Waals surface area contributed by atoms with Gasteiger partial charge in [-0.05, 0) is 12.3 Å². The molecule has 1 unspecified atom stereocenters. The van der Waals surface area contributed by atoms with Crippen molar-refractivity contribution in [2.24, 2.45) is 5.92 Å². The van der Waals surface area contributed by atoms with Crippen molar-refractivity contribution in [3.63, 3.8) is 0 Å². The molecule has 1 rings (SSSR count). The summed E-state index contributed by atoms with van der Waals surface area (Å²) in [6, 6.07) is 0. The molecule has 1 atom stereocenters. The summed E-state index contributed by atoms with van der Waals surface area (Å²) >= 11 is 0. The summed E-state index contributed by atoms with van der Waals surface area (Å²) in [5.41, 5.74) is 0. The summed E-state index contributed by atoms with van der Waals surface area (Å²) in [6.45, 7) is 1.24. The first-order chi connectivity index (χ1) is 13.3. The third-order valence-corrected chi connectivity index (χ3v) is 6.79. The summed E-state index contributed by atoms with van der Waals surface area (Å²) in [5, 5.41) is 0. The molecule has 0 heterocycles. The van der Waals surface area contributed by atoms with Crippen LogP contribution < -0.4 is 0 Å². The van der Waals surface area contributed by atoms with Crippen LogP contribution in [0.2, 0.25) is 0 Å². The molecule has 1 saturated carbocycles. The largest absolute Gasteiger partial charge is 0.472 e. The number of phosphoric ester groups is 1. The minimum absolute atomic E-state index is 0.237. The van der Waals surface area contributed by atoms with Gasteiger partial charge >= 0.3 is 7.82 Å². The molecule has 1 aliphatic carbocycles. The van der Waals surface area contributed by atoms with Gasteiger partial charge in [-0.2, -0.15) is 0 Å². The van der Waals surface area contributed by atoms with Crippen molar-refractivity contribution in [2.45, 2.75) is 96.3 Å². The Morgan fingerprint density at radius 2 is 1.14 bits per heavy atom. The van der Waals surface area contributed by atoms with Gasteiger partial charge in [-0.1, -0.05) is 89.9 Å². The molecule has 0 aromatic carbocycles. The Hall–Kier alpha value is 0.0700. The van der Waals surface area contributed by atoms with Crippen molar-refractivity contribution < 1.29 is 23.0 Å². The molecule has 1 N–H and O–H groups in total. The number of phosphoric acid groups is 1. The van der Waals surface area contributed by atoms with E-state index in [-0.39, 0.29) is 6.61 Å². The molecule has 0 aliphatic heterocycles. The van der Waals surface area contributed by atoms with Gasteiger partial charge in [-0.25, -0.2) is 4.57 Å². The monoisotopic (exact) mass is 420 g/mol. The number of likely N-dealkylation sites (N-methyl/N-ethyl adjacent to an activating group) is 1. The number of nitrogens with zero attached hydrogens (tertiary/aromatic N) is 1. The summed E-state index contributed by atoms with van der Waals surface area (Å²) < 4.78 is 23.1. The summed E-state index contributed by atoms with van der Waals surface area (Å²) in [4.78, 5) is 9.88. The van der Waals surface area contributed by atoms with Gasteiger partial charge in [0.2, 0.25) is 0 Å². The molecule has 5 nitrogen and oxygen atoms in total. The fourth-order valence-corrected chi connectivity index (χ4v) is 4.59. The van der Waals surface area contributed by atoms with E-state index >= 15 is 0 Å². The lowest BCUT2D eigenvalue weighted by atomic mass is 9.92. The molecule has 6 heteroatoms. The maximum absolute atomic E-state index is 12.1. The van der Waals surface area contributed by atoms with Crippen LogP contribution in [-0.2, 0) is 13.6 Å². The van der Waals surface area contributed by atoms with Gasteiger partial charge in [0.05, 0.1) is 27.7 Å². The van der Waals surface area contributed by atoms with Crippen LogP contribution in [0.4, 0.5) is 0 Å². The van der Waals surface area contributed by atoms with Crippen molar-refractivity contribution in [2.75, 3.05) is 40.9 Å². The molecule has 1 aliphatic rings. The molecule has 0 aromatic heterocycles. The fraction of sp³-hybridized carbons (Fsp3) is 1.00. The van der Waals surface area contributed by atoms with E-state index in [0.717, 1.165) is 6.42 Å². The lowest BCUT2D eigenvalue weighted by Crippen LogP contribution is -2.37. The van der Waals surface area contributed by atoms with Crippen molar-refractivity contribution in [3.05, 3.63) is 0 Å². The minimum Gasteiger partial charge on any atom is -0.329 e. The third-order valence-electron chi connectivity index (χ3n) is 5.77. The smallest absolute Gasteiger partial charge is 0.329 e. The number of hydrogen-bond acceptors (Lipinski definition) is 3. The zero-order valence-corrected chi connectivity index (χ0v) is 19.8. The standard InChI is InChI=1S/C22H46NO4P/c1-23(2,3)19-21-27-28(24,25)26-20-18-22-16-14-12-10-8-6-4-5-7-9-11-13-15-17-22/h22H,4-21H2,1-3H3/p+1. The zero-order chi connectivity index (χ0) is 20.7. The van der Waals surface area contributed by atoms with Crippen molar-refractivity contribution in [1.29, 1.82) is 0 Å². The fourth-order valence-electron chi connectivity index (χ4n) is 3.87. The molecule has 0 amide bonds. The average molecular weight is 421 g/mol. The van der Waals surface area contributed by atoms with Gasteiger partial charge in [0, 0.05) is 0 Å². The maximum Gasteiger partial charge on any atom is 0.472 e. The van der Waals surface area contributed by atoms with Gasteiger partial charge in [-0.15, -0.1) is 0 Å². The van der Waals surface area contributed by atoms with Gasteiger partial charge in [-0.3, -0.25) is 9.05 Å². The summed E-state index contributed by atoms with van der Waals surface area (Å²) in [6.07, 6.45) is 19.6. The second-order valence-electron chi connectivity index (χ2n) is 9.62.